The van der Waals surface area contributed by atoms with Gasteiger partial charge in [0.25, 0.3) is 0 Å². The van der Waals surface area contributed by atoms with Gasteiger partial charge in [-0.1, -0.05) is 35.6 Å². The molecule has 0 unspecified atom stereocenters. The highest BCUT2D eigenvalue weighted by molar-refractivity contribution is 7.19. The minimum absolute atomic E-state index is 0.459. The molecule has 17 heavy (non-hydrogen) atoms. The number of aromatic nitrogens is 1. The fourth-order valence-corrected chi connectivity index (χ4v) is 2.56. The summed E-state index contributed by atoms with van der Waals surface area (Å²) in [4.78, 5) is 16.0. The molecule has 0 saturated carbocycles. The first-order valence-corrected chi connectivity index (χ1v) is 6.12. The van der Waals surface area contributed by atoms with Crippen LogP contribution in [0.3, 0.4) is 0 Å². The summed E-state index contributed by atoms with van der Waals surface area (Å²) in [6.45, 7) is 2.79. The van der Waals surface area contributed by atoms with Gasteiger partial charge in [0.1, 0.15) is 5.82 Å². The van der Waals surface area contributed by atoms with Gasteiger partial charge in [-0.25, -0.2) is 4.98 Å². The average molecular weight is 247 g/mol. The summed E-state index contributed by atoms with van der Waals surface area (Å²) in [7, 11) is 0. The Balaban J connectivity index is 2.48. The first-order valence-electron chi connectivity index (χ1n) is 5.31. The summed E-state index contributed by atoms with van der Waals surface area (Å²) >= 11 is 1.46. The molecule has 1 heterocycles. The number of nitrogens with one attached hydrogen (secondary N) is 1. The Morgan fingerprint density at radius 1 is 1.47 bits per heavy atom. The molecule has 0 aliphatic carbocycles. The van der Waals surface area contributed by atoms with Crippen molar-refractivity contribution in [2.24, 2.45) is 0 Å². The van der Waals surface area contributed by atoms with E-state index in [1.54, 1.807) is 6.07 Å². The Labute approximate surface area is 103 Å². The van der Waals surface area contributed by atoms with Crippen LogP contribution in [0.1, 0.15) is 17.3 Å². The number of nitrogens with zero attached hydrogens (tertiary/aromatic N) is 1. The van der Waals surface area contributed by atoms with E-state index in [9.17, 15) is 4.79 Å². The highest BCUT2D eigenvalue weighted by atomic mass is 32.1. The number of carbonyl (C=O) groups is 1. The molecular weight excluding hydrogens is 234 g/mol. The molecule has 4 nitrogen and oxygen atoms in total. The van der Waals surface area contributed by atoms with Gasteiger partial charge in [0.2, 0.25) is 0 Å². The maximum Gasteiger partial charge on any atom is 0.185 e. The van der Waals surface area contributed by atoms with Gasteiger partial charge in [0.15, 0.2) is 11.4 Å². The van der Waals surface area contributed by atoms with Gasteiger partial charge in [-0.3, -0.25) is 4.79 Å². The van der Waals surface area contributed by atoms with Gasteiger partial charge in [-0.15, -0.1) is 0 Å². The van der Waals surface area contributed by atoms with E-state index in [1.807, 2.05) is 25.1 Å². The average Bonchev–Trinajstić information content (AvgIpc) is 2.70. The Bertz CT molecular complexity index is 536. The summed E-state index contributed by atoms with van der Waals surface area (Å²) < 4.78 is 0. The maximum absolute atomic E-state index is 11.0. The zero-order chi connectivity index (χ0) is 12.3. The van der Waals surface area contributed by atoms with Crippen LogP contribution in [0.5, 0.6) is 0 Å². The molecule has 0 aliphatic rings. The van der Waals surface area contributed by atoms with Crippen molar-refractivity contribution in [1.82, 2.24) is 4.98 Å². The highest BCUT2D eigenvalue weighted by Crippen LogP contribution is 2.36. The van der Waals surface area contributed by atoms with Crippen molar-refractivity contribution in [2.45, 2.75) is 6.92 Å². The van der Waals surface area contributed by atoms with E-state index in [0.29, 0.717) is 11.4 Å². The third-order valence-corrected chi connectivity index (χ3v) is 3.38. The number of hydrogen-bond donors (Lipinski definition) is 2. The molecule has 2 rings (SSSR count). The molecule has 3 N–H and O–H groups in total. The minimum atomic E-state index is 0.459. The van der Waals surface area contributed by atoms with Gasteiger partial charge in [0.05, 0.1) is 4.88 Å². The predicted octanol–water partition coefficient (Wildman–Crippen LogP) is 2.64. The molecule has 0 spiro atoms. The summed E-state index contributed by atoms with van der Waals surface area (Å²) in [5.74, 6) is 0.459. The first-order chi connectivity index (χ1) is 8.26. The molecule has 1 aromatic heterocycles. The quantitative estimate of drug-likeness (QED) is 0.815. The van der Waals surface area contributed by atoms with Crippen LogP contribution in [0.15, 0.2) is 24.3 Å². The SMILES string of the molecule is CCNc1nc(N)c(-c2ccccc2C=O)s1. The third kappa shape index (κ3) is 2.29. The Morgan fingerprint density at radius 3 is 2.94 bits per heavy atom. The molecule has 1 aromatic carbocycles. The minimum Gasteiger partial charge on any atom is -0.382 e. The van der Waals surface area contributed by atoms with Gasteiger partial charge in [-0.05, 0) is 6.92 Å². The smallest absolute Gasteiger partial charge is 0.185 e. The number of carbonyl (C=O) groups excluding carboxylic acids is 1. The number of benzene rings is 1. The second-order valence-electron chi connectivity index (χ2n) is 3.47. The lowest BCUT2D eigenvalue weighted by molar-refractivity contribution is 0.112. The van der Waals surface area contributed by atoms with Crippen LogP contribution in [0.4, 0.5) is 10.9 Å². The van der Waals surface area contributed by atoms with Crippen molar-refractivity contribution in [3.05, 3.63) is 29.8 Å². The van der Waals surface area contributed by atoms with Crippen LogP contribution in [-0.4, -0.2) is 17.8 Å². The zero-order valence-electron chi connectivity index (χ0n) is 9.43. The standard InChI is InChI=1S/C12H13N3OS/c1-2-14-12-15-11(13)10(17-12)9-6-4-3-5-8(9)7-16/h3-7H,2,13H2,1H3,(H,14,15). The zero-order valence-corrected chi connectivity index (χ0v) is 10.3. The maximum atomic E-state index is 11.0. The second kappa shape index (κ2) is 4.97. The molecule has 0 amide bonds. The van der Waals surface area contributed by atoms with E-state index in [-0.39, 0.29) is 0 Å². The number of aldehydes is 1. The van der Waals surface area contributed by atoms with Gasteiger partial charge in [-0.2, -0.15) is 0 Å². The van der Waals surface area contributed by atoms with E-state index in [4.69, 9.17) is 5.73 Å². The lowest BCUT2D eigenvalue weighted by Gasteiger charge is -2.01. The van der Waals surface area contributed by atoms with Crippen LogP contribution < -0.4 is 11.1 Å². The summed E-state index contributed by atoms with van der Waals surface area (Å²) in [5, 5.41) is 3.89. The van der Waals surface area contributed by atoms with Gasteiger partial charge < -0.3 is 11.1 Å². The Kier molecular flexibility index (Phi) is 3.39. The molecule has 0 radical (unpaired) electrons. The van der Waals surface area contributed by atoms with E-state index in [2.05, 4.69) is 10.3 Å². The van der Waals surface area contributed by atoms with E-state index in [1.165, 1.54) is 11.3 Å². The van der Waals surface area contributed by atoms with Crippen LogP contribution in [0.25, 0.3) is 10.4 Å². The van der Waals surface area contributed by atoms with Crippen LogP contribution in [0, 0.1) is 0 Å². The van der Waals surface area contributed by atoms with Crippen molar-refractivity contribution >= 4 is 28.6 Å². The van der Waals surface area contributed by atoms with Crippen molar-refractivity contribution in [2.75, 3.05) is 17.6 Å². The molecule has 0 aliphatic heterocycles. The van der Waals surface area contributed by atoms with Crippen molar-refractivity contribution in [1.29, 1.82) is 0 Å². The Morgan fingerprint density at radius 2 is 2.24 bits per heavy atom. The van der Waals surface area contributed by atoms with Crippen LogP contribution >= 0.6 is 11.3 Å². The molecule has 88 valence electrons. The van der Waals surface area contributed by atoms with E-state index < -0.39 is 0 Å². The van der Waals surface area contributed by atoms with Crippen LogP contribution in [-0.2, 0) is 0 Å². The second-order valence-corrected chi connectivity index (χ2v) is 4.47. The number of hydrogen-bond acceptors (Lipinski definition) is 5. The van der Waals surface area contributed by atoms with E-state index in [0.717, 1.165) is 28.4 Å². The normalized spacial score (nSPS) is 10.2. The summed E-state index contributed by atoms with van der Waals surface area (Å²) in [5.41, 5.74) is 7.34. The molecule has 2 aromatic rings. The lowest BCUT2D eigenvalue weighted by Crippen LogP contribution is -1.95. The van der Waals surface area contributed by atoms with Crippen molar-refractivity contribution in [3.63, 3.8) is 0 Å². The molecule has 0 bridgehead atoms. The Hall–Kier alpha value is -1.88. The lowest BCUT2D eigenvalue weighted by atomic mass is 10.1. The molecular formula is C12H13N3OS. The summed E-state index contributed by atoms with van der Waals surface area (Å²) in [6, 6.07) is 7.36. The van der Waals surface area contributed by atoms with Crippen LogP contribution in [0.2, 0.25) is 0 Å². The molecule has 0 saturated heterocycles. The number of anilines is 2. The molecule has 0 atom stereocenters. The monoisotopic (exact) mass is 247 g/mol. The van der Waals surface area contributed by atoms with Gasteiger partial charge in [0, 0.05) is 17.7 Å². The first kappa shape index (κ1) is 11.6. The number of rotatable bonds is 4. The number of nitrogens with two attached hydrogens (primary N) is 1. The fraction of sp³-hybridized carbons (Fsp3) is 0.167. The molecule has 5 heteroatoms. The topological polar surface area (TPSA) is 68.0 Å². The largest absolute Gasteiger partial charge is 0.382 e. The number of thiazole rings is 1. The number of nitrogen functional groups attached to an aromatic ring is 1. The predicted molar refractivity (Wildman–Crippen MR) is 71.5 cm³/mol. The third-order valence-electron chi connectivity index (χ3n) is 2.31. The van der Waals surface area contributed by atoms with E-state index >= 15 is 0 Å². The molecule has 0 fully saturated rings. The van der Waals surface area contributed by atoms with Crippen molar-refractivity contribution in [3.8, 4) is 10.4 Å². The fourth-order valence-electron chi connectivity index (χ4n) is 1.56. The highest BCUT2D eigenvalue weighted by Gasteiger charge is 2.12. The van der Waals surface area contributed by atoms with Gasteiger partial charge >= 0.3 is 0 Å². The summed E-state index contributed by atoms with van der Waals surface area (Å²) in [6.07, 6.45) is 0.835. The van der Waals surface area contributed by atoms with Crippen molar-refractivity contribution < 1.29 is 4.79 Å².